The van der Waals surface area contributed by atoms with Crippen molar-refractivity contribution in [2.45, 2.75) is 33.1 Å². The minimum atomic E-state index is -0.313. The van der Waals surface area contributed by atoms with E-state index in [-0.39, 0.29) is 5.97 Å². The van der Waals surface area contributed by atoms with Gasteiger partial charge in [0.1, 0.15) is 0 Å². The van der Waals surface area contributed by atoms with Crippen LogP contribution in [0.5, 0.6) is 0 Å². The highest BCUT2D eigenvalue weighted by molar-refractivity contribution is 7.05. The third kappa shape index (κ3) is 3.10. The Morgan fingerprint density at radius 2 is 2.36 bits per heavy atom. The maximum atomic E-state index is 11.3. The summed E-state index contributed by atoms with van der Waals surface area (Å²) < 4.78 is 8.91. The monoisotopic (exact) mass is 213 g/mol. The number of hydrogen-bond acceptors (Lipinski definition) is 4. The van der Waals surface area contributed by atoms with E-state index < -0.39 is 0 Å². The highest BCUT2D eigenvalue weighted by atomic mass is 32.1. The molecule has 0 aromatic carbocycles. The van der Waals surface area contributed by atoms with E-state index >= 15 is 0 Å². The van der Waals surface area contributed by atoms with Gasteiger partial charge >= 0.3 is 5.97 Å². The van der Waals surface area contributed by atoms with Crippen LogP contribution in [-0.2, 0) is 11.2 Å². The summed E-state index contributed by atoms with van der Waals surface area (Å²) in [5.41, 5.74) is 0.447. The molecule has 1 rings (SSSR count). The van der Waals surface area contributed by atoms with Gasteiger partial charge in [-0.05, 0) is 37.4 Å². The van der Waals surface area contributed by atoms with Crippen molar-refractivity contribution in [2.75, 3.05) is 6.61 Å². The molecule has 0 unspecified atom stereocenters. The van der Waals surface area contributed by atoms with Crippen LogP contribution in [0.2, 0.25) is 0 Å². The molecule has 3 nitrogen and oxygen atoms in total. The number of hydrogen-bond donors (Lipinski definition) is 0. The Kier molecular flexibility index (Phi) is 4.59. The van der Waals surface area contributed by atoms with Crippen LogP contribution in [0.4, 0.5) is 0 Å². The molecule has 78 valence electrons. The van der Waals surface area contributed by atoms with E-state index in [1.54, 1.807) is 6.92 Å². The summed E-state index contributed by atoms with van der Waals surface area (Å²) >= 11 is 1.39. The first kappa shape index (κ1) is 11.2. The lowest BCUT2D eigenvalue weighted by Crippen LogP contribution is -2.04. The van der Waals surface area contributed by atoms with E-state index in [9.17, 15) is 4.79 Å². The van der Waals surface area contributed by atoms with Crippen LogP contribution in [0.3, 0.4) is 0 Å². The SMILES string of the molecule is CCCCc1cc(C(=O)OCC)ns1. The molecule has 0 aliphatic carbocycles. The second kappa shape index (κ2) is 5.75. The van der Waals surface area contributed by atoms with E-state index in [4.69, 9.17) is 4.74 Å². The number of carbonyl (C=O) groups is 1. The molecule has 0 fully saturated rings. The molecule has 1 heterocycles. The average Bonchev–Trinajstić information content (AvgIpc) is 2.63. The normalized spacial score (nSPS) is 10.1. The van der Waals surface area contributed by atoms with Crippen LogP contribution >= 0.6 is 11.5 Å². The Morgan fingerprint density at radius 1 is 1.57 bits per heavy atom. The topological polar surface area (TPSA) is 39.2 Å². The molecule has 0 spiro atoms. The van der Waals surface area contributed by atoms with E-state index in [2.05, 4.69) is 11.3 Å². The van der Waals surface area contributed by atoms with Crippen LogP contribution in [0.25, 0.3) is 0 Å². The molecule has 0 bridgehead atoms. The lowest BCUT2D eigenvalue weighted by atomic mass is 10.2. The quantitative estimate of drug-likeness (QED) is 0.706. The van der Waals surface area contributed by atoms with Crippen LogP contribution in [-0.4, -0.2) is 16.9 Å². The molecule has 0 saturated carbocycles. The summed E-state index contributed by atoms with van der Waals surface area (Å²) in [4.78, 5) is 12.4. The standard InChI is InChI=1S/C10H15NO2S/c1-3-5-6-8-7-9(11-14-8)10(12)13-4-2/h7H,3-6H2,1-2H3. The number of aromatic nitrogens is 1. The highest BCUT2D eigenvalue weighted by Crippen LogP contribution is 2.13. The van der Waals surface area contributed by atoms with Crippen molar-refractivity contribution in [3.63, 3.8) is 0 Å². The minimum absolute atomic E-state index is 0.313. The first-order valence-electron chi connectivity index (χ1n) is 4.90. The van der Waals surface area contributed by atoms with E-state index in [0.29, 0.717) is 12.3 Å². The zero-order chi connectivity index (χ0) is 10.4. The second-order valence-corrected chi connectivity index (χ2v) is 3.89. The Labute approximate surface area is 88.3 Å². The molecule has 14 heavy (non-hydrogen) atoms. The van der Waals surface area contributed by atoms with Crippen molar-refractivity contribution >= 4 is 17.5 Å². The number of esters is 1. The molecular weight excluding hydrogens is 198 g/mol. The Bertz CT molecular complexity index is 296. The van der Waals surface area contributed by atoms with Gasteiger partial charge in [0.15, 0.2) is 5.69 Å². The van der Waals surface area contributed by atoms with E-state index in [1.165, 1.54) is 11.5 Å². The smallest absolute Gasteiger partial charge is 0.358 e. The van der Waals surface area contributed by atoms with Crippen LogP contribution in [0.1, 0.15) is 42.1 Å². The Hall–Kier alpha value is -0.900. The summed E-state index contributed by atoms with van der Waals surface area (Å²) in [5.74, 6) is -0.313. The molecule has 0 N–H and O–H groups in total. The highest BCUT2D eigenvalue weighted by Gasteiger charge is 2.10. The van der Waals surface area contributed by atoms with Gasteiger partial charge in [-0.1, -0.05) is 13.3 Å². The number of aryl methyl sites for hydroxylation is 1. The summed E-state index contributed by atoms with van der Waals surface area (Å²) in [6.45, 7) is 4.34. The van der Waals surface area contributed by atoms with Gasteiger partial charge in [0.25, 0.3) is 0 Å². The number of nitrogens with zero attached hydrogens (tertiary/aromatic N) is 1. The summed E-state index contributed by atoms with van der Waals surface area (Å²) in [7, 11) is 0. The third-order valence-corrected chi connectivity index (χ3v) is 2.66. The number of ether oxygens (including phenoxy) is 1. The fourth-order valence-corrected chi connectivity index (χ4v) is 1.83. The minimum Gasteiger partial charge on any atom is -0.461 e. The molecular formula is C10H15NO2S. The molecule has 4 heteroatoms. The zero-order valence-corrected chi connectivity index (χ0v) is 9.39. The maximum Gasteiger partial charge on any atom is 0.358 e. The largest absolute Gasteiger partial charge is 0.461 e. The van der Waals surface area contributed by atoms with Gasteiger partial charge < -0.3 is 4.74 Å². The predicted molar refractivity (Wildman–Crippen MR) is 56.7 cm³/mol. The van der Waals surface area contributed by atoms with Gasteiger partial charge in [-0.2, -0.15) is 4.37 Å². The van der Waals surface area contributed by atoms with E-state index in [1.807, 2.05) is 6.07 Å². The number of rotatable bonds is 5. The van der Waals surface area contributed by atoms with Crippen molar-refractivity contribution < 1.29 is 9.53 Å². The summed E-state index contributed by atoms with van der Waals surface area (Å²) in [5, 5.41) is 0. The van der Waals surface area contributed by atoms with E-state index in [0.717, 1.165) is 24.1 Å². The summed E-state index contributed by atoms with van der Waals surface area (Å²) in [6, 6.07) is 1.83. The zero-order valence-electron chi connectivity index (χ0n) is 8.58. The lowest BCUT2D eigenvalue weighted by molar-refractivity contribution is 0.0521. The van der Waals surface area contributed by atoms with Crippen molar-refractivity contribution in [3.05, 3.63) is 16.6 Å². The van der Waals surface area contributed by atoms with Crippen molar-refractivity contribution in [2.24, 2.45) is 0 Å². The van der Waals surface area contributed by atoms with Gasteiger partial charge in [-0.25, -0.2) is 4.79 Å². The van der Waals surface area contributed by atoms with Crippen LogP contribution in [0.15, 0.2) is 6.07 Å². The second-order valence-electron chi connectivity index (χ2n) is 3.00. The third-order valence-electron chi connectivity index (χ3n) is 1.82. The molecule has 0 radical (unpaired) electrons. The lowest BCUT2D eigenvalue weighted by Gasteiger charge is -1.95. The fraction of sp³-hybridized carbons (Fsp3) is 0.600. The molecule has 1 aromatic heterocycles. The first-order valence-corrected chi connectivity index (χ1v) is 5.68. The van der Waals surface area contributed by atoms with Crippen molar-refractivity contribution in [1.29, 1.82) is 0 Å². The molecule has 0 aliphatic rings. The average molecular weight is 213 g/mol. The van der Waals surface area contributed by atoms with Crippen molar-refractivity contribution in [3.8, 4) is 0 Å². The number of unbranched alkanes of at least 4 members (excludes halogenated alkanes) is 1. The summed E-state index contributed by atoms with van der Waals surface area (Å²) in [6.07, 6.45) is 3.31. The molecule has 1 aromatic rings. The van der Waals surface area contributed by atoms with Gasteiger partial charge in [0.2, 0.25) is 0 Å². The number of carbonyl (C=O) groups excluding carboxylic acids is 1. The van der Waals surface area contributed by atoms with Gasteiger partial charge in [-0.3, -0.25) is 0 Å². The Morgan fingerprint density at radius 3 is 3.00 bits per heavy atom. The van der Waals surface area contributed by atoms with Gasteiger partial charge in [0.05, 0.1) is 6.61 Å². The fourth-order valence-electron chi connectivity index (χ4n) is 1.08. The molecule has 0 saturated heterocycles. The van der Waals surface area contributed by atoms with Crippen molar-refractivity contribution in [1.82, 2.24) is 4.37 Å². The van der Waals surface area contributed by atoms with Crippen LogP contribution in [0, 0.1) is 0 Å². The predicted octanol–water partition coefficient (Wildman–Crippen LogP) is 2.66. The molecule has 0 amide bonds. The maximum absolute atomic E-state index is 11.3. The van der Waals surface area contributed by atoms with Gasteiger partial charge in [0, 0.05) is 4.88 Å². The first-order chi connectivity index (χ1) is 6.77. The van der Waals surface area contributed by atoms with Crippen LogP contribution < -0.4 is 0 Å². The molecule has 0 atom stereocenters. The van der Waals surface area contributed by atoms with Gasteiger partial charge in [-0.15, -0.1) is 0 Å². The molecule has 0 aliphatic heterocycles. The Balaban J connectivity index is 2.54.